The van der Waals surface area contributed by atoms with Crippen LogP contribution in [0.5, 0.6) is 0 Å². The van der Waals surface area contributed by atoms with Gasteiger partial charge in [-0.3, -0.25) is 14.5 Å². The number of nitrogens with one attached hydrogen (secondary N) is 1. The molecule has 2 aromatic carbocycles. The molecule has 1 aliphatic heterocycles. The van der Waals surface area contributed by atoms with Gasteiger partial charge in [0.25, 0.3) is 5.91 Å². The van der Waals surface area contributed by atoms with E-state index < -0.39 is 41.4 Å². The predicted molar refractivity (Wildman–Crippen MR) is 89.3 cm³/mol. The summed E-state index contributed by atoms with van der Waals surface area (Å²) in [7, 11) is 0. The van der Waals surface area contributed by atoms with Crippen LogP contribution < -0.4 is 5.32 Å². The van der Waals surface area contributed by atoms with Crippen LogP contribution in [0.2, 0.25) is 0 Å². The number of nitrogens with zero attached hydrogens (tertiary/aromatic N) is 1. The van der Waals surface area contributed by atoms with Gasteiger partial charge < -0.3 is 5.32 Å². The summed E-state index contributed by atoms with van der Waals surface area (Å²) in [6.45, 7) is 1.26. The quantitative estimate of drug-likeness (QED) is 0.660. The van der Waals surface area contributed by atoms with Gasteiger partial charge in [0.2, 0.25) is 0 Å². The van der Waals surface area contributed by atoms with E-state index in [1.54, 1.807) is 6.92 Å². The van der Waals surface area contributed by atoms with Crippen LogP contribution in [-0.2, 0) is 10.3 Å². The van der Waals surface area contributed by atoms with Crippen molar-refractivity contribution in [1.29, 1.82) is 0 Å². The Morgan fingerprint density at radius 2 is 1.54 bits per heavy atom. The summed E-state index contributed by atoms with van der Waals surface area (Å²) < 4.78 is 26.2. The first-order valence-corrected chi connectivity index (χ1v) is 8.06. The molecule has 2 aromatic rings. The van der Waals surface area contributed by atoms with Crippen molar-refractivity contribution < 1.29 is 23.2 Å². The maximum absolute atomic E-state index is 13.2. The van der Waals surface area contributed by atoms with Gasteiger partial charge >= 0.3 is 6.03 Å². The van der Waals surface area contributed by atoms with E-state index in [1.807, 2.05) is 0 Å². The summed E-state index contributed by atoms with van der Waals surface area (Å²) in [5, 5.41) is 2.62. The van der Waals surface area contributed by atoms with Crippen molar-refractivity contribution in [1.82, 2.24) is 10.2 Å². The molecule has 3 amide bonds. The zero-order valence-electron chi connectivity index (χ0n) is 14.0. The molecule has 0 bridgehead atoms. The van der Waals surface area contributed by atoms with E-state index >= 15 is 0 Å². The zero-order valence-corrected chi connectivity index (χ0v) is 14.0. The molecule has 1 fully saturated rings. The van der Waals surface area contributed by atoms with E-state index in [2.05, 4.69) is 5.32 Å². The summed E-state index contributed by atoms with van der Waals surface area (Å²) in [5.41, 5.74) is -0.701. The van der Waals surface area contributed by atoms with Crippen LogP contribution in [0.25, 0.3) is 0 Å². The number of hydrogen-bond acceptors (Lipinski definition) is 3. The van der Waals surface area contributed by atoms with Crippen LogP contribution in [0.3, 0.4) is 0 Å². The molecule has 1 saturated heterocycles. The van der Waals surface area contributed by atoms with Crippen LogP contribution >= 0.6 is 0 Å². The molecular weight excluding hydrogens is 342 g/mol. The second kappa shape index (κ2) is 6.67. The number of halogens is 2. The van der Waals surface area contributed by atoms with E-state index in [0.29, 0.717) is 5.56 Å². The molecule has 0 saturated carbocycles. The van der Waals surface area contributed by atoms with Crippen LogP contribution in [0.4, 0.5) is 13.6 Å². The summed E-state index contributed by atoms with van der Waals surface area (Å²) in [4.78, 5) is 38.4. The maximum atomic E-state index is 13.2. The van der Waals surface area contributed by atoms with Crippen LogP contribution in [0.1, 0.15) is 29.3 Å². The summed E-state index contributed by atoms with van der Waals surface area (Å²) in [6, 6.07) is 9.44. The smallest absolute Gasteiger partial charge is 0.319 e. The molecule has 1 heterocycles. The molecule has 1 atom stereocenters. The second-order valence-corrected chi connectivity index (χ2v) is 6.02. The fourth-order valence-corrected chi connectivity index (χ4v) is 3.01. The lowest BCUT2D eigenvalue weighted by Crippen LogP contribution is -2.43. The minimum atomic E-state index is -1.34. The first kappa shape index (κ1) is 17.7. The number of Topliss-reactive ketones (excluding diaryl/α,β-unsaturated/α-hetero) is 1. The maximum Gasteiger partial charge on any atom is 0.325 e. The molecule has 0 radical (unpaired) electrons. The third-order valence-corrected chi connectivity index (χ3v) is 4.51. The summed E-state index contributed by atoms with van der Waals surface area (Å²) in [6.07, 6.45) is 0.241. The standard InChI is InChI=1S/C19H16F2N2O3/c1-2-19(13-5-9-15(21)10-6-13)17(25)23(18(26)22-19)11-16(24)12-3-7-14(20)8-4-12/h3-10H,2,11H2,1H3,(H,22,26). The predicted octanol–water partition coefficient (Wildman–Crippen LogP) is 3.00. The molecule has 0 aromatic heterocycles. The second-order valence-electron chi connectivity index (χ2n) is 6.02. The van der Waals surface area contributed by atoms with Gasteiger partial charge in [-0.15, -0.1) is 0 Å². The highest BCUT2D eigenvalue weighted by atomic mass is 19.1. The monoisotopic (exact) mass is 358 g/mol. The largest absolute Gasteiger partial charge is 0.325 e. The third-order valence-electron chi connectivity index (χ3n) is 4.51. The van der Waals surface area contributed by atoms with Gasteiger partial charge in [0.05, 0.1) is 6.54 Å². The van der Waals surface area contributed by atoms with Gasteiger partial charge in [0.15, 0.2) is 5.78 Å². The first-order valence-electron chi connectivity index (χ1n) is 8.06. The average Bonchev–Trinajstić information content (AvgIpc) is 2.88. The number of amides is 3. The Kier molecular flexibility index (Phi) is 4.54. The minimum absolute atomic E-state index is 0.197. The average molecular weight is 358 g/mol. The van der Waals surface area contributed by atoms with Gasteiger partial charge in [-0.05, 0) is 48.4 Å². The number of imide groups is 1. The normalized spacial score (nSPS) is 19.6. The van der Waals surface area contributed by atoms with Crippen molar-refractivity contribution in [3.8, 4) is 0 Å². The lowest BCUT2D eigenvalue weighted by atomic mass is 9.87. The number of urea groups is 1. The highest BCUT2D eigenvalue weighted by Crippen LogP contribution is 2.32. The Hall–Kier alpha value is -3.09. The Bertz CT molecular complexity index is 865. The molecule has 1 unspecified atom stereocenters. The van der Waals surface area contributed by atoms with Crippen molar-refractivity contribution in [2.75, 3.05) is 6.54 Å². The van der Waals surface area contributed by atoms with E-state index in [4.69, 9.17) is 0 Å². The zero-order chi connectivity index (χ0) is 18.9. The van der Waals surface area contributed by atoms with Gasteiger partial charge in [-0.25, -0.2) is 13.6 Å². The minimum Gasteiger partial charge on any atom is -0.319 e. The fourth-order valence-electron chi connectivity index (χ4n) is 3.01. The van der Waals surface area contributed by atoms with Crippen LogP contribution in [-0.4, -0.2) is 29.2 Å². The van der Waals surface area contributed by atoms with Gasteiger partial charge in [0.1, 0.15) is 17.2 Å². The molecule has 134 valence electrons. The van der Waals surface area contributed by atoms with E-state index in [0.717, 1.165) is 17.0 Å². The Labute approximate surface area is 148 Å². The lowest BCUT2D eigenvalue weighted by Gasteiger charge is -2.25. The van der Waals surface area contributed by atoms with Crippen molar-refractivity contribution in [2.24, 2.45) is 0 Å². The lowest BCUT2D eigenvalue weighted by molar-refractivity contribution is -0.131. The van der Waals surface area contributed by atoms with E-state index in [1.165, 1.54) is 36.4 Å². The molecular formula is C19H16F2N2O3. The Morgan fingerprint density at radius 3 is 2.08 bits per heavy atom. The number of rotatable bonds is 5. The van der Waals surface area contributed by atoms with E-state index in [-0.39, 0.29) is 12.0 Å². The van der Waals surface area contributed by atoms with Crippen molar-refractivity contribution in [2.45, 2.75) is 18.9 Å². The van der Waals surface area contributed by atoms with Gasteiger partial charge in [-0.2, -0.15) is 0 Å². The number of hydrogen-bond donors (Lipinski definition) is 1. The van der Waals surface area contributed by atoms with Crippen molar-refractivity contribution in [3.63, 3.8) is 0 Å². The fraction of sp³-hybridized carbons (Fsp3) is 0.211. The Morgan fingerprint density at radius 1 is 1.00 bits per heavy atom. The molecule has 26 heavy (non-hydrogen) atoms. The molecule has 1 N–H and O–H groups in total. The molecule has 7 heteroatoms. The third kappa shape index (κ3) is 2.96. The van der Waals surface area contributed by atoms with Crippen LogP contribution in [0, 0.1) is 11.6 Å². The Balaban J connectivity index is 1.87. The molecule has 5 nitrogen and oxygen atoms in total. The number of ketones is 1. The summed E-state index contributed by atoms with van der Waals surface area (Å²) in [5.74, 6) is -2.01. The molecule has 1 aliphatic rings. The summed E-state index contributed by atoms with van der Waals surface area (Å²) >= 11 is 0. The van der Waals surface area contributed by atoms with Crippen molar-refractivity contribution in [3.05, 3.63) is 71.3 Å². The highest BCUT2D eigenvalue weighted by Gasteiger charge is 2.51. The van der Waals surface area contributed by atoms with E-state index in [9.17, 15) is 23.2 Å². The van der Waals surface area contributed by atoms with Gasteiger partial charge in [0, 0.05) is 5.56 Å². The highest BCUT2D eigenvalue weighted by molar-refractivity contribution is 6.11. The molecule has 0 spiro atoms. The number of carbonyl (C=O) groups is 3. The number of benzene rings is 2. The van der Waals surface area contributed by atoms with Crippen molar-refractivity contribution >= 4 is 17.7 Å². The topological polar surface area (TPSA) is 66.5 Å². The van der Waals surface area contributed by atoms with Gasteiger partial charge in [-0.1, -0.05) is 19.1 Å². The first-order chi connectivity index (χ1) is 12.4. The number of carbonyl (C=O) groups excluding carboxylic acids is 3. The van der Waals surface area contributed by atoms with Crippen LogP contribution in [0.15, 0.2) is 48.5 Å². The SMILES string of the molecule is CCC1(c2ccc(F)cc2)NC(=O)N(CC(=O)c2ccc(F)cc2)C1=O. The molecule has 0 aliphatic carbocycles. The molecule has 3 rings (SSSR count).